The number of H-pyrrole nitrogens is 2. The van der Waals surface area contributed by atoms with Gasteiger partial charge in [-0.2, -0.15) is 0 Å². The molecule has 0 radical (unpaired) electrons. The number of anilines is 2. The number of piperazine rings is 1. The summed E-state index contributed by atoms with van der Waals surface area (Å²) >= 11 is 0. The number of nitrogens with one attached hydrogen (secondary N) is 3. The van der Waals surface area contributed by atoms with E-state index in [0.717, 1.165) is 11.3 Å². The molecule has 1 saturated heterocycles. The number of imidazole rings is 1. The highest BCUT2D eigenvalue weighted by atomic mass is 16.2. The van der Waals surface area contributed by atoms with Gasteiger partial charge in [0.1, 0.15) is 12.4 Å². The molecule has 1 aromatic carbocycles. The first-order chi connectivity index (χ1) is 14.9. The quantitative estimate of drug-likeness (QED) is 0.568. The molecule has 1 aliphatic heterocycles. The summed E-state index contributed by atoms with van der Waals surface area (Å²) in [6.45, 7) is 2.80. The molecule has 3 heterocycles. The Hall–Kier alpha value is -3.95. The summed E-state index contributed by atoms with van der Waals surface area (Å²) in [5.74, 6) is -0.485. The summed E-state index contributed by atoms with van der Waals surface area (Å²) in [4.78, 5) is 60.8. The molecule has 0 spiro atoms. The van der Waals surface area contributed by atoms with Gasteiger partial charge < -0.3 is 20.1 Å². The SMILES string of the molecule is Cc1ccc(N2CCN(C(=O)CCC(=O)Nc3ccc4[nH]c(=O)[nH]c4n3)CC2=O)cc1. The Balaban J connectivity index is 1.28. The van der Waals surface area contributed by atoms with E-state index < -0.39 is 0 Å². The topological polar surface area (TPSA) is 131 Å². The van der Waals surface area contributed by atoms with Crippen LogP contribution in [0.15, 0.2) is 41.2 Å². The van der Waals surface area contributed by atoms with E-state index in [-0.39, 0.29) is 48.6 Å². The largest absolute Gasteiger partial charge is 0.332 e. The van der Waals surface area contributed by atoms with Gasteiger partial charge in [-0.15, -0.1) is 0 Å². The minimum atomic E-state index is -0.381. The number of benzene rings is 1. The molecule has 1 aliphatic rings. The third-order valence-corrected chi connectivity index (χ3v) is 5.13. The fourth-order valence-electron chi connectivity index (χ4n) is 3.45. The number of rotatable bonds is 5. The van der Waals surface area contributed by atoms with Gasteiger partial charge in [-0.1, -0.05) is 17.7 Å². The molecule has 0 saturated carbocycles. The van der Waals surface area contributed by atoms with Crippen molar-refractivity contribution in [2.75, 3.05) is 29.9 Å². The molecule has 0 unspecified atom stereocenters. The smallest absolute Gasteiger partial charge is 0.325 e. The van der Waals surface area contributed by atoms with Crippen molar-refractivity contribution in [1.82, 2.24) is 19.9 Å². The van der Waals surface area contributed by atoms with Gasteiger partial charge in [0.2, 0.25) is 17.7 Å². The van der Waals surface area contributed by atoms with Gasteiger partial charge in [-0.25, -0.2) is 9.78 Å². The van der Waals surface area contributed by atoms with Crippen molar-refractivity contribution < 1.29 is 14.4 Å². The van der Waals surface area contributed by atoms with Crippen molar-refractivity contribution in [3.63, 3.8) is 0 Å². The van der Waals surface area contributed by atoms with Gasteiger partial charge in [0, 0.05) is 31.6 Å². The van der Waals surface area contributed by atoms with Crippen LogP contribution in [0.3, 0.4) is 0 Å². The molecule has 10 heteroatoms. The molecule has 1 fully saturated rings. The van der Waals surface area contributed by atoms with Crippen molar-refractivity contribution in [3.05, 3.63) is 52.4 Å². The summed E-state index contributed by atoms with van der Waals surface area (Å²) in [6.07, 6.45) is -0.0402. The molecular weight excluding hydrogens is 400 g/mol. The van der Waals surface area contributed by atoms with Crippen LogP contribution in [-0.4, -0.2) is 57.2 Å². The van der Waals surface area contributed by atoms with Gasteiger partial charge in [-0.05, 0) is 31.2 Å². The average molecular weight is 422 g/mol. The van der Waals surface area contributed by atoms with Crippen LogP contribution in [0.25, 0.3) is 11.2 Å². The van der Waals surface area contributed by atoms with E-state index in [2.05, 4.69) is 20.3 Å². The van der Waals surface area contributed by atoms with Gasteiger partial charge in [0.15, 0.2) is 5.65 Å². The lowest BCUT2D eigenvalue weighted by Gasteiger charge is -2.34. The van der Waals surface area contributed by atoms with E-state index in [1.54, 1.807) is 17.0 Å². The highest BCUT2D eigenvalue weighted by molar-refractivity contribution is 5.98. The summed E-state index contributed by atoms with van der Waals surface area (Å²) in [6, 6.07) is 10.9. The van der Waals surface area contributed by atoms with Gasteiger partial charge in [0.25, 0.3) is 0 Å². The molecule has 2 aromatic heterocycles. The Bertz CT molecular complexity index is 1200. The van der Waals surface area contributed by atoms with Crippen LogP contribution in [0.2, 0.25) is 0 Å². The summed E-state index contributed by atoms with van der Waals surface area (Å²) in [5.41, 5.74) is 2.42. The third kappa shape index (κ3) is 4.63. The lowest BCUT2D eigenvalue weighted by atomic mass is 10.2. The zero-order valence-corrected chi connectivity index (χ0v) is 17.0. The molecule has 0 atom stereocenters. The minimum Gasteiger partial charge on any atom is -0.332 e. The van der Waals surface area contributed by atoms with E-state index in [1.807, 2.05) is 31.2 Å². The normalized spacial score (nSPS) is 14.2. The number of fused-ring (bicyclic) bond motifs is 1. The Morgan fingerprint density at radius 2 is 1.81 bits per heavy atom. The van der Waals surface area contributed by atoms with Gasteiger partial charge in [-0.3, -0.25) is 19.4 Å². The fraction of sp³-hybridized carbons (Fsp3) is 0.286. The molecule has 3 aromatic rings. The second kappa shape index (κ2) is 8.42. The molecule has 31 heavy (non-hydrogen) atoms. The maximum atomic E-state index is 12.5. The number of hydrogen-bond donors (Lipinski definition) is 3. The van der Waals surface area contributed by atoms with Crippen LogP contribution in [-0.2, 0) is 14.4 Å². The monoisotopic (exact) mass is 422 g/mol. The first-order valence-corrected chi connectivity index (χ1v) is 9.93. The first-order valence-electron chi connectivity index (χ1n) is 9.93. The Morgan fingerprint density at radius 1 is 1.03 bits per heavy atom. The predicted molar refractivity (Wildman–Crippen MR) is 115 cm³/mol. The predicted octanol–water partition coefficient (Wildman–Crippen LogP) is 1.15. The van der Waals surface area contributed by atoms with Crippen molar-refractivity contribution in [1.29, 1.82) is 0 Å². The summed E-state index contributed by atoms with van der Waals surface area (Å²) < 4.78 is 0. The number of nitrogens with zero attached hydrogens (tertiary/aromatic N) is 3. The van der Waals surface area contributed by atoms with Crippen molar-refractivity contribution >= 4 is 40.4 Å². The van der Waals surface area contributed by atoms with E-state index in [1.165, 1.54) is 4.90 Å². The summed E-state index contributed by atoms with van der Waals surface area (Å²) in [5, 5.41) is 2.61. The lowest BCUT2D eigenvalue weighted by Crippen LogP contribution is -2.52. The Kier molecular flexibility index (Phi) is 5.52. The van der Waals surface area contributed by atoms with Crippen molar-refractivity contribution in [2.45, 2.75) is 19.8 Å². The molecular formula is C21H22N6O4. The lowest BCUT2D eigenvalue weighted by molar-refractivity contribution is -0.137. The standard InChI is InChI=1S/C21H22N6O4/c1-13-2-4-14(5-3-13)27-11-10-26(12-19(27)30)18(29)9-8-17(28)23-16-7-6-15-20(24-16)25-21(31)22-15/h2-7H,8-12H2,1H3,(H3,22,23,24,25,28,31). The molecule has 3 N–H and O–H groups in total. The highest BCUT2D eigenvalue weighted by Crippen LogP contribution is 2.18. The van der Waals surface area contributed by atoms with Gasteiger partial charge in [0.05, 0.1) is 5.52 Å². The number of aryl methyl sites for hydroxylation is 1. The maximum Gasteiger partial charge on any atom is 0.325 e. The van der Waals surface area contributed by atoms with Crippen LogP contribution in [0, 0.1) is 6.92 Å². The fourth-order valence-corrected chi connectivity index (χ4v) is 3.45. The van der Waals surface area contributed by atoms with E-state index in [0.29, 0.717) is 24.3 Å². The van der Waals surface area contributed by atoms with Crippen LogP contribution >= 0.6 is 0 Å². The molecule has 0 aliphatic carbocycles. The van der Waals surface area contributed by atoms with Crippen LogP contribution in [0.5, 0.6) is 0 Å². The number of aromatic nitrogens is 3. The number of amides is 3. The van der Waals surface area contributed by atoms with Crippen LogP contribution in [0.1, 0.15) is 18.4 Å². The molecule has 3 amide bonds. The molecule has 0 bridgehead atoms. The maximum absolute atomic E-state index is 12.5. The Morgan fingerprint density at radius 3 is 2.55 bits per heavy atom. The average Bonchev–Trinajstić information content (AvgIpc) is 3.12. The second-order valence-electron chi connectivity index (χ2n) is 7.42. The number of hydrogen-bond acceptors (Lipinski definition) is 5. The van der Waals surface area contributed by atoms with Crippen LogP contribution in [0.4, 0.5) is 11.5 Å². The molecule has 10 nitrogen and oxygen atoms in total. The van der Waals surface area contributed by atoms with E-state index in [4.69, 9.17) is 0 Å². The molecule has 160 valence electrons. The van der Waals surface area contributed by atoms with Crippen molar-refractivity contribution in [3.8, 4) is 0 Å². The number of carbonyl (C=O) groups is 3. The van der Waals surface area contributed by atoms with Crippen molar-refractivity contribution in [2.24, 2.45) is 0 Å². The Labute approximate surface area is 177 Å². The van der Waals surface area contributed by atoms with Gasteiger partial charge >= 0.3 is 5.69 Å². The minimum absolute atomic E-state index is 0.00654. The first kappa shape index (κ1) is 20.3. The van der Waals surface area contributed by atoms with E-state index >= 15 is 0 Å². The molecule has 4 rings (SSSR count). The third-order valence-electron chi connectivity index (χ3n) is 5.13. The number of pyridine rings is 1. The highest BCUT2D eigenvalue weighted by Gasteiger charge is 2.28. The van der Waals surface area contributed by atoms with Crippen LogP contribution < -0.4 is 15.9 Å². The van der Waals surface area contributed by atoms with E-state index in [9.17, 15) is 19.2 Å². The number of carbonyl (C=O) groups excluding carboxylic acids is 3. The zero-order valence-electron chi connectivity index (χ0n) is 17.0. The zero-order chi connectivity index (χ0) is 22.0. The summed E-state index contributed by atoms with van der Waals surface area (Å²) in [7, 11) is 0. The second-order valence-corrected chi connectivity index (χ2v) is 7.42. The number of aromatic amines is 2.